The Morgan fingerprint density at radius 1 is 0.800 bits per heavy atom. The van der Waals surface area contributed by atoms with Gasteiger partial charge in [-0.3, -0.25) is 0 Å². The molecule has 0 aromatic heterocycles. The quantitative estimate of drug-likeness (QED) is 0.398. The molecular weight excluding hydrogens is 238 g/mol. The molecule has 0 bridgehead atoms. The second kappa shape index (κ2) is 4.19. The van der Waals surface area contributed by atoms with Gasteiger partial charge in [-0.2, -0.15) is 26.3 Å². The molecule has 0 rings (SSSR count). The highest BCUT2D eigenvalue weighted by atomic mass is 28.3. The minimum atomic E-state index is -4.77. The molecule has 15 heavy (non-hydrogen) atoms. The van der Waals surface area contributed by atoms with Crippen LogP contribution in [0.4, 0.5) is 26.3 Å². The Balaban J connectivity index is 4.96. The maximum atomic E-state index is 12.0. The predicted octanol–water partition coefficient (Wildman–Crippen LogP) is 2.90. The van der Waals surface area contributed by atoms with Crippen molar-refractivity contribution in [2.24, 2.45) is 0 Å². The molecule has 0 fully saturated rings. The summed E-state index contributed by atoms with van der Waals surface area (Å²) in [6.07, 6.45) is -0.132. The highest BCUT2D eigenvalue weighted by molar-refractivity contribution is 6.94. The van der Waals surface area contributed by atoms with Crippen LogP contribution in [0.2, 0.25) is 12.1 Å². The maximum absolute atomic E-state index is 12.0. The smallest absolute Gasteiger partial charge is 0.171 e. The Hall–Kier alpha value is -1.08. The van der Waals surface area contributed by atoms with Crippen LogP contribution >= 0.6 is 0 Å². The Labute approximate surface area is 83.7 Å². The molecule has 0 N–H and O–H groups in total. The average Bonchev–Trinajstić information content (AvgIpc) is 1.98. The third-order valence-corrected chi connectivity index (χ3v) is 4.67. The van der Waals surface area contributed by atoms with E-state index in [0.717, 1.165) is 0 Å². The van der Waals surface area contributed by atoms with E-state index < -0.39 is 32.5 Å². The van der Waals surface area contributed by atoms with Gasteiger partial charge in [0, 0.05) is 0 Å². The summed E-state index contributed by atoms with van der Waals surface area (Å²) in [4.78, 5) is 0. The summed E-state index contributed by atoms with van der Waals surface area (Å²) in [5.41, 5.74) is 3.08. The predicted molar refractivity (Wildman–Crippen MR) is 45.1 cm³/mol. The first kappa shape index (κ1) is 13.9. The van der Waals surface area contributed by atoms with Crippen LogP contribution in [0.5, 0.6) is 0 Å². The summed E-state index contributed by atoms with van der Waals surface area (Å²) in [6.45, 7) is 0. The van der Waals surface area contributed by atoms with Gasteiger partial charge < -0.3 is 0 Å². The van der Waals surface area contributed by atoms with Gasteiger partial charge in [-0.25, -0.2) is 0 Å². The molecule has 0 aliphatic rings. The molecular formula is C8H6F6Si. The molecule has 0 saturated carbocycles. The first-order valence-electron chi connectivity index (χ1n) is 3.63. The highest BCUT2D eigenvalue weighted by Gasteiger charge is 2.49. The summed E-state index contributed by atoms with van der Waals surface area (Å²) < 4.78 is 71.9. The van der Waals surface area contributed by atoms with Crippen LogP contribution in [0.15, 0.2) is 0 Å². The summed E-state index contributed by atoms with van der Waals surface area (Å²) in [5, 5.41) is 0. The number of hydrogen-bond donors (Lipinski definition) is 0. The largest absolute Gasteiger partial charge is 0.388 e. The summed E-state index contributed by atoms with van der Waals surface area (Å²) >= 11 is 0. The van der Waals surface area contributed by atoms with Crippen molar-refractivity contribution in [2.75, 3.05) is 0 Å². The molecule has 0 aliphatic heterocycles. The van der Waals surface area contributed by atoms with Gasteiger partial charge in [0.25, 0.3) is 0 Å². The number of alkyl halides is 6. The zero-order valence-corrected chi connectivity index (χ0v) is 8.34. The highest BCUT2D eigenvalue weighted by Crippen LogP contribution is 2.35. The van der Waals surface area contributed by atoms with E-state index in [1.54, 1.807) is 11.1 Å². The first-order chi connectivity index (χ1) is 6.54. The van der Waals surface area contributed by atoms with E-state index in [1.165, 1.54) is 0 Å². The maximum Gasteiger partial charge on any atom is 0.388 e. The zero-order valence-electron chi connectivity index (χ0n) is 7.34. The Morgan fingerprint density at radius 2 is 1.07 bits per heavy atom. The van der Waals surface area contributed by atoms with Crippen molar-refractivity contribution >= 4 is 8.07 Å². The molecule has 0 radical (unpaired) electrons. The van der Waals surface area contributed by atoms with Crippen molar-refractivity contribution in [1.82, 2.24) is 0 Å². The minimum Gasteiger partial charge on any atom is -0.171 e. The van der Waals surface area contributed by atoms with Crippen LogP contribution in [0.25, 0.3) is 0 Å². The van der Waals surface area contributed by atoms with Crippen molar-refractivity contribution in [2.45, 2.75) is 24.4 Å². The van der Waals surface area contributed by atoms with Gasteiger partial charge in [0.2, 0.25) is 8.07 Å². The van der Waals surface area contributed by atoms with Gasteiger partial charge in [0.05, 0.1) is 12.1 Å². The second-order valence-electron chi connectivity index (χ2n) is 2.95. The van der Waals surface area contributed by atoms with E-state index in [1.807, 2.05) is 0 Å². The lowest BCUT2D eigenvalue weighted by molar-refractivity contribution is -0.118. The molecule has 0 nitrogen and oxygen atoms in total. The molecule has 0 aromatic rings. The van der Waals surface area contributed by atoms with Gasteiger partial charge in [0.15, 0.2) is 0 Å². The molecule has 84 valence electrons. The molecule has 0 aromatic carbocycles. The topological polar surface area (TPSA) is 0 Å². The summed E-state index contributed by atoms with van der Waals surface area (Å²) in [6, 6.07) is -3.40. The van der Waals surface area contributed by atoms with Gasteiger partial charge >= 0.3 is 12.4 Å². The first-order valence-corrected chi connectivity index (χ1v) is 6.04. The molecule has 7 heteroatoms. The van der Waals surface area contributed by atoms with E-state index in [9.17, 15) is 26.3 Å². The fourth-order valence-electron chi connectivity index (χ4n) is 0.993. The van der Waals surface area contributed by atoms with Crippen LogP contribution in [0, 0.1) is 23.9 Å². The molecule has 0 spiro atoms. The van der Waals surface area contributed by atoms with Crippen LogP contribution in [-0.2, 0) is 0 Å². The van der Waals surface area contributed by atoms with Gasteiger partial charge in [0.1, 0.15) is 0 Å². The monoisotopic (exact) mass is 244 g/mol. The van der Waals surface area contributed by atoms with E-state index in [-0.39, 0.29) is 0 Å². The van der Waals surface area contributed by atoms with Gasteiger partial charge in [-0.05, 0) is 0 Å². The van der Waals surface area contributed by atoms with E-state index >= 15 is 0 Å². The molecule has 0 heterocycles. The molecule has 0 amide bonds. The van der Waals surface area contributed by atoms with Crippen LogP contribution in [0.3, 0.4) is 0 Å². The Bertz CT molecular complexity index is 267. The van der Waals surface area contributed by atoms with Crippen LogP contribution in [-0.4, -0.2) is 20.4 Å². The zero-order chi connectivity index (χ0) is 12.3. The number of terminal acetylenes is 2. The fourth-order valence-corrected chi connectivity index (χ4v) is 2.98. The van der Waals surface area contributed by atoms with E-state index in [2.05, 4.69) is 0 Å². The van der Waals surface area contributed by atoms with Crippen LogP contribution in [0.1, 0.15) is 0 Å². The molecule has 0 saturated heterocycles. The van der Waals surface area contributed by atoms with Crippen molar-refractivity contribution in [3.63, 3.8) is 0 Å². The van der Waals surface area contributed by atoms with Crippen molar-refractivity contribution in [1.29, 1.82) is 0 Å². The second-order valence-corrected chi connectivity index (χ2v) is 6.40. The van der Waals surface area contributed by atoms with E-state index in [4.69, 9.17) is 12.8 Å². The van der Waals surface area contributed by atoms with Gasteiger partial charge in [-0.15, -0.1) is 23.9 Å². The normalized spacial score (nSPS) is 13.1. The standard InChI is InChI=1S/C8H6F6Si/c1-3-15(4-2,5-7(9,10)11)6-8(12,13)14/h1-2H,5-6H2. The number of hydrogen-bond acceptors (Lipinski definition) is 0. The van der Waals surface area contributed by atoms with Crippen molar-refractivity contribution < 1.29 is 26.3 Å². The molecule has 0 aliphatic carbocycles. The lowest BCUT2D eigenvalue weighted by atomic mass is 10.8. The molecule has 0 unspecified atom stereocenters. The number of rotatable bonds is 2. The lowest BCUT2D eigenvalue weighted by Gasteiger charge is -2.22. The van der Waals surface area contributed by atoms with E-state index in [0.29, 0.717) is 0 Å². The minimum absolute atomic E-state index is 1.54. The van der Waals surface area contributed by atoms with Crippen LogP contribution < -0.4 is 0 Å². The fraction of sp³-hybridized carbons (Fsp3) is 0.500. The third kappa shape index (κ3) is 5.38. The van der Waals surface area contributed by atoms with Gasteiger partial charge in [-0.1, -0.05) is 0 Å². The van der Waals surface area contributed by atoms with Crippen molar-refractivity contribution in [3.05, 3.63) is 0 Å². The summed E-state index contributed by atoms with van der Waals surface area (Å²) in [7, 11) is -4.21. The third-order valence-electron chi connectivity index (χ3n) is 1.56. The Morgan fingerprint density at radius 3 is 1.20 bits per heavy atom. The molecule has 0 atom stereocenters. The summed E-state index contributed by atoms with van der Waals surface area (Å²) in [5.74, 6) is 0. The number of halogens is 6. The SMILES string of the molecule is C#C[Si](C#C)(CC(F)(F)F)CC(F)(F)F. The Kier molecular flexibility index (Phi) is 3.89. The lowest BCUT2D eigenvalue weighted by Crippen LogP contribution is -2.41. The van der Waals surface area contributed by atoms with Crippen molar-refractivity contribution in [3.8, 4) is 23.9 Å². The average molecular weight is 244 g/mol.